The number of ether oxygens (including phenoxy) is 2. The largest absolute Gasteiger partial charge is 0.496 e. The normalized spacial score (nSPS) is 18.5. The van der Waals surface area contributed by atoms with E-state index in [4.69, 9.17) is 14.7 Å². The summed E-state index contributed by atoms with van der Waals surface area (Å²) in [5.74, 6) is 1.07. The Labute approximate surface area is 189 Å². The van der Waals surface area contributed by atoms with Gasteiger partial charge in [0.05, 0.1) is 30.4 Å². The third-order valence-corrected chi connectivity index (χ3v) is 5.74. The van der Waals surface area contributed by atoms with Gasteiger partial charge in [0.15, 0.2) is 0 Å². The number of rotatable bonds is 10. The zero-order chi connectivity index (χ0) is 22.8. The molecular formula is C24H31N5O3. The number of pyridine rings is 1. The minimum atomic E-state index is -0.139. The maximum atomic E-state index is 12.7. The standard InChI is InChI=1S/C24H31N5O3/c1-31-21-10-4-3-9-19(21)24(30)28-20-11-15-29(17-22(20)32-2)14-6-5-12-26-23-18(16-25)8-7-13-27-23/h3-4,7-10,13,20,22H,5-6,11-12,14-15,17H2,1-2H3,(H,26,27)(H,28,30). The molecule has 0 bridgehead atoms. The summed E-state index contributed by atoms with van der Waals surface area (Å²) in [5, 5.41) is 15.5. The van der Waals surface area contributed by atoms with E-state index in [2.05, 4.69) is 26.6 Å². The van der Waals surface area contributed by atoms with Gasteiger partial charge in [0, 0.05) is 32.9 Å². The van der Waals surface area contributed by atoms with Gasteiger partial charge >= 0.3 is 0 Å². The molecule has 0 saturated carbocycles. The molecule has 1 amide bonds. The predicted molar refractivity (Wildman–Crippen MR) is 123 cm³/mol. The molecule has 1 fully saturated rings. The highest BCUT2D eigenvalue weighted by atomic mass is 16.5. The zero-order valence-corrected chi connectivity index (χ0v) is 18.7. The van der Waals surface area contributed by atoms with Gasteiger partial charge in [-0.05, 0) is 50.1 Å². The Morgan fingerprint density at radius 3 is 2.88 bits per heavy atom. The molecule has 0 spiro atoms. The summed E-state index contributed by atoms with van der Waals surface area (Å²) >= 11 is 0. The van der Waals surface area contributed by atoms with Crippen LogP contribution in [0.2, 0.25) is 0 Å². The number of amides is 1. The van der Waals surface area contributed by atoms with Gasteiger partial charge in [-0.1, -0.05) is 12.1 Å². The van der Waals surface area contributed by atoms with Crippen molar-refractivity contribution in [1.82, 2.24) is 15.2 Å². The number of hydrogen-bond donors (Lipinski definition) is 2. The SMILES string of the molecule is COc1ccccc1C(=O)NC1CCN(CCCCNc2ncccc2C#N)CC1OC. The Kier molecular flexibility index (Phi) is 8.84. The van der Waals surface area contributed by atoms with Crippen molar-refractivity contribution in [2.24, 2.45) is 0 Å². The lowest BCUT2D eigenvalue weighted by atomic mass is 10.0. The van der Waals surface area contributed by atoms with Crippen molar-refractivity contribution in [2.45, 2.75) is 31.4 Å². The van der Waals surface area contributed by atoms with E-state index in [1.54, 1.807) is 44.7 Å². The van der Waals surface area contributed by atoms with Crippen molar-refractivity contribution in [2.75, 3.05) is 45.7 Å². The number of nitriles is 1. The van der Waals surface area contributed by atoms with E-state index in [1.807, 2.05) is 12.1 Å². The number of piperidine rings is 1. The van der Waals surface area contributed by atoms with E-state index in [1.165, 1.54) is 0 Å². The molecule has 2 atom stereocenters. The molecule has 170 valence electrons. The fraction of sp³-hybridized carbons (Fsp3) is 0.458. The van der Waals surface area contributed by atoms with Gasteiger partial charge < -0.3 is 25.0 Å². The molecule has 1 aromatic carbocycles. The highest BCUT2D eigenvalue weighted by molar-refractivity contribution is 5.97. The average Bonchev–Trinajstić information content (AvgIpc) is 2.84. The lowest BCUT2D eigenvalue weighted by Crippen LogP contribution is -2.54. The minimum Gasteiger partial charge on any atom is -0.496 e. The Morgan fingerprint density at radius 2 is 2.09 bits per heavy atom. The monoisotopic (exact) mass is 437 g/mol. The van der Waals surface area contributed by atoms with Gasteiger partial charge in [-0.25, -0.2) is 4.98 Å². The molecule has 2 aromatic rings. The molecule has 2 N–H and O–H groups in total. The second kappa shape index (κ2) is 12.0. The van der Waals surface area contributed by atoms with Crippen LogP contribution in [-0.4, -0.2) is 68.3 Å². The van der Waals surface area contributed by atoms with Crippen LogP contribution in [0, 0.1) is 11.3 Å². The van der Waals surface area contributed by atoms with Crippen LogP contribution < -0.4 is 15.4 Å². The Hall–Kier alpha value is -3.15. The first kappa shape index (κ1) is 23.5. The number of methoxy groups -OCH3 is 2. The summed E-state index contributed by atoms with van der Waals surface area (Å²) in [4.78, 5) is 19.3. The van der Waals surface area contributed by atoms with Gasteiger partial charge in [-0.3, -0.25) is 4.79 Å². The number of carbonyl (C=O) groups excluding carboxylic acids is 1. The van der Waals surface area contributed by atoms with Crippen LogP contribution in [-0.2, 0) is 4.74 Å². The molecular weight excluding hydrogens is 406 g/mol. The lowest BCUT2D eigenvalue weighted by molar-refractivity contribution is 0.00606. The number of unbranched alkanes of at least 4 members (excludes halogenated alkanes) is 1. The van der Waals surface area contributed by atoms with E-state index >= 15 is 0 Å². The number of carbonyl (C=O) groups is 1. The fourth-order valence-electron chi connectivity index (χ4n) is 3.97. The average molecular weight is 438 g/mol. The van der Waals surface area contributed by atoms with Crippen LogP contribution in [0.4, 0.5) is 5.82 Å². The van der Waals surface area contributed by atoms with Gasteiger partial charge in [-0.2, -0.15) is 5.26 Å². The summed E-state index contributed by atoms with van der Waals surface area (Å²) < 4.78 is 11.0. The van der Waals surface area contributed by atoms with Crippen molar-refractivity contribution < 1.29 is 14.3 Å². The smallest absolute Gasteiger partial charge is 0.255 e. The zero-order valence-electron chi connectivity index (χ0n) is 18.7. The van der Waals surface area contributed by atoms with E-state index < -0.39 is 0 Å². The van der Waals surface area contributed by atoms with Crippen LogP contribution in [0.1, 0.15) is 35.2 Å². The summed E-state index contributed by atoms with van der Waals surface area (Å²) in [6.07, 6.45) is 4.45. The summed E-state index contributed by atoms with van der Waals surface area (Å²) in [7, 11) is 3.26. The van der Waals surface area contributed by atoms with Crippen molar-refractivity contribution >= 4 is 11.7 Å². The number of para-hydroxylation sites is 1. The van der Waals surface area contributed by atoms with Crippen LogP contribution >= 0.6 is 0 Å². The third-order valence-electron chi connectivity index (χ3n) is 5.74. The maximum absolute atomic E-state index is 12.7. The number of nitrogens with zero attached hydrogens (tertiary/aromatic N) is 3. The Bertz CT molecular complexity index is 930. The van der Waals surface area contributed by atoms with Gasteiger partial charge in [-0.15, -0.1) is 0 Å². The van der Waals surface area contributed by atoms with E-state index in [0.717, 1.165) is 45.4 Å². The number of nitrogens with one attached hydrogen (secondary N) is 2. The van der Waals surface area contributed by atoms with Crippen LogP contribution in [0.5, 0.6) is 5.75 Å². The van der Waals surface area contributed by atoms with Crippen molar-refractivity contribution in [3.63, 3.8) is 0 Å². The second-order valence-electron chi connectivity index (χ2n) is 7.79. The fourth-order valence-corrected chi connectivity index (χ4v) is 3.97. The first-order valence-electron chi connectivity index (χ1n) is 10.9. The summed E-state index contributed by atoms with van der Waals surface area (Å²) in [6.45, 7) is 3.41. The summed E-state index contributed by atoms with van der Waals surface area (Å²) in [5.41, 5.74) is 1.10. The van der Waals surface area contributed by atoms with Crippen LogP contribution in [0.3, 0.4) is 0 Å². The first-order chi connectivity index (χ1) is 15.7. The van der Waals surface area contributed by atoms with Crippen molar-refractivity contribution in [1.29, 1.82) is 5.26 Å². The molecule has 2 heterocycles. The van der Waals surface area contributed by atoms with Crippen molar-refractivity contribution in [3.05, 3.63) is 53.7 Å². The molecule has 1 aliphatic rings. The molecule has 32 heavy (non-hydrogen) atoms. The number of likely N-dealkylation sites (tertiary alicyclic amines) is 1. The molecule has 0 aliphatic carbocycles. The Morgan fingerprint density at radius 1 is 1.25 bits per heavy atom. The molecule has 1 aromatic heterocycles. The molecule has 0 radical (unpaired) electrons. The van der Waals surface area contributed by atoms with Crippen LogP contribution in [0.25, 0.3) is 0 Å². The topological polar surface area (TPSA) is 99.5 Å². The minimum absolute atomic E-state index is 0.0381. The molecule has 3 rings (SSSR count). The molecule has 8 heteroatoms. The first-order valence-corrected chi connectivity index (χ1v) is 10.9. The van der Waals surface area contributed by atoms with E-state index in [-0.39, 0.29) is 18.1 Å². The van der Waals surface area contributed by atoms with Gasteiger partial charge in [0.25, 0.3) is 5.91 Å². The Balaban J connectivity index is 1.42. The second-order valence-corrected chi connectivity index (χ2v) is 7.79. The lowest BCUT2D eigenvalue weighted by Gasteiger charge is -2.38. The molecule has 1 saturated heterocycles. The number of benzene rings is 1. The number of anilines is 1. The van der Waals surface area contributed by atoms with Gasteiger partial charge in [0.1, 0.15) is 17.6 Å². The summed E-state index contributed by atoms with van der Waals surface area (Å²) in [6, 6.07) is 12.9. The highest BCUT2D eigenvalue weighted by Gasteiger charge is 2.30. The van der Waals surface area contributed by atoms with Gasteiger partial charge in [0.2, 0.25) is 0 Å². The maximum Gasteiger partial charge on any atom is 0.255 e. The van der Waals surface area contributed by atoms with E-state index in [9.17, 15) is 4.79 Å². The quantitative estimate of drug-likeness (QED) is 0.551. The molecule has 1 aliphatic heterocycles. The van der Waals surface area contributed by atoms with Crippen LogP contribution in [0.15, 0.2) is 42.6 Å². The third kappa shape index (κ3) is 6.19. The molecule has 8 nitrogen and oxygen atoms in total. The van der Waals surface area contributed by atoms with E-state index in [0.29, 0.717) is 22.7 Å². The highest BCUT2D eigenvalue weighted by Crippen LogP contribution is 2.20. The number of aromatic nitrogens is 1. The predicted octanol–water partition coefficient (Wildman–Crippen LogP) is 2.67. The van der Waals surface area contributed by atoms with Crippen molar-refractivity contribution in [3.8, 4) is 11.8 Å². The molecule has 2 unspecified atom stereocenters. The number of hydrogen-bond acceptors (Lipinski definition) is 7.